The van der Waals surface area contributed by atoms with E-state index in [2.05, 4.69) is 4.72 Å². The van der Waals surface area contributed by atoms with Gasteiger partial charge in [-0.3, -0.25) is 4.79 Å². The van der Waals surface area contributed by atoms with E-state index >= 15 is 0 Å². The Morgan fingerprint density at radius 3 is 2.06 bits per heavy atom. The van der Waals surface area contributed by atoms with Gasteiger partial charge in [0.15, 0.2) is 0 Å². The van der Waals surface area contributed by atoms with E-state index in [1.807, 2.05) is 6.07 Å². The molecule has 0 radical (unpaired) electrons. The fraction of sp³-hybridized carbons (Fsp3) is 0.174. The zero-order valence-electron chi connectivity index (χ0n) is 17.7. The Morgan fingerprint density at radius 2 is 1.44 bits per heavy atom. The van der Waals surface area contributed by atoms with Crippen LogP contribution >= 0.6 is 0 Å². The average molecular weight is 473 g/mol. The monoisotopic (exact) mass is 472 g/mol. The summed E-state index contributed by atoms with van der Waals surface area (Å²) in [5, 5.41) is 0. The standard InChI is InChI=1S/C23H24N2O5S2/c1-18-13-14-21(31(27,28)20-11-7-4-8-12-20)17-22(18)32(29,30)24-16-15-23(26)25(2)19-9-5-3-6-10-19/h3-14,17,24H,15-16H2,1-2H3. The van der Waals surface area contributed by atoms with Gasteiger partial charge in [0.25, 0.3) is 0 Å². The van der Waals surface area contributed by atoms with Crippen LogP contribution in [-0.4, -0.2) is 36.3 Å². The Kier molecular flexibility index (Phi) is 7.12. The summed E-state index contributed by atoms with van der Waals surface area (Å²) in [6, 6.07) is 20.8. The van der Waals surface area contributed by atoms with Crippen molar-refractivity contribution in [3.8, 4) is 0 Å². The van der Waals surface area contributed by atoms with Crippen molar-refractivity contribution in [1.82, 2.24) is 4.72 Å². The third-order valence-electron chi connectivity index (χ3n) is 4.96. The van der Waals surface area contributed by atoms with Crippen LogP contribution in [0.3, 0.4) is 0 Å². The highest BCUT2D eigenvalue weighted by Gasteiger charge is 2.23. The van der Waals surface area contributed by atoms with Crippen molar-refractivity contribution >= 4 is 31.5 Å². The van der Waals surface area contributed by atoms with Crippen molar-refractivity contribution in [3.05, 3.63) is 84.4 Å². The molecule has 0 unspecified atom stereocenters. The van der Waals surface area contributed by atoms with E-state index in [0.29, 0.717) is 11.3 Å². The smallest absolute Gasteiger partial charge is 0.240 e. The van der Waals surface area contributed by atoms with E-state index in [9.17, 15) is 21.6 Å². The summed E-state index contributed by atoms with van der Waals surface area (Å²) in [7, 11) is -6.28. The van der Waals surface area contributed by atoms with Gasteiger partial charge in [0.05, 0.1) is 14.7 Å². The molecule has 3 rings (SSSR count). The number of para-hydroxylation sites is 1. The average Bonchev–Trinajstić information content (AvgIpc) is 2.79. The maximum Gasteiger partial charge on any atom is 0.240 e. The lowest BCUT2D eigenvalue weighted by Crippen LogP contribution is -2.32. The minimum absolute atomic E-state index is 0.0499. The van der Waals surface area contributed by atoms with Gasteiger partial charge in [-0.1, -0.05) is 42.5 Å². The lowest BCUT2D eigenvalue weighted by molar-refractivity contribution is -0.118. The molecule has 0 spiro atoms. The zero-order valence-corrected chi connectivity index (χ0v) is 19.4. The number of sulfonamides is 1. The predicted octanol–water partition coefficient (Wildman–Crippen LogP) is 3.16. The predicted molar refractivity (Wildman–Crippen MR) is 123 cm³/mol. The summed E-state index contributed by atoms with van der Waals surface area (Å²) in [6.07, 6.45) is -0.0499. The fourth-order valence-electron chi connectivity index (χ4n) is 3.11. The van der Waals surface area contributed by atoms with E-state index in [0.717, 1.165) is 6.07 Å². The normalized spacial score (nSPS) is 11.8. The molecule has 0 aliphatic rings. The number of sulfone groups is 1. The van der Waals surface area contributed by atoms with Gasteiger partial charge in [-0.2, -0.15) is 0 Å². The Balaban J connectivity index is 1.76. The summed E-state index contributed by atoms with van der Waals surface area (Å²) in [5.74, 6) is -0.254. The number of carbonyl (C=O) groups excluding carboxylic acids is 1. The van der Waals surface area contributed by atoms with Crippen LogP contribution < -0.4 is 9.62 Å². The number of anilines is 1. The largest absolute Gasteiger partial charge is 0.315 e. The Morgan fingerprint density at radius 1 is 0.844 bits per heavy atom. The molecule has 3 aromatic rings. The summed E-state index contributed by atoms with van der Waals surface area (Å²) < 4.78 is 53.9. The Bertz CT molecular complexity index is 1310. The number of benzene rings is 3. The number of rotatable bonds is 8. The van der Waals surface area contributed by atoms with Crippen LogP contribution in [0.2, 0.25) is 0 Å². The second kappa shape index (κ2) is 9.64. The highest BCUT2D eigenvalue weighted by molar-refractivity contribution is 7.91. The lowest BCUT2D eigenvalue weighted by Gasteiger charge is -2.17. The molecule has 0 fully saturated rings. The van der Waals surface area contributed by atoms with Crippen LogP contribution in [0.1, 0.15) is 12.0 Å². The number of amides is 1. The second-order valence-corrected chi connectivity index (χ2v) is 10.9. The van der Waals surface area contributed by atoms with Gasteiger partial charge >= 0.3 is 0 Å². The highest BCUT2D eigenvalue weighted by atomic mass is 32.2. The Hall–Kier alpha value is -3.01. The minimum Gasteiger partial charge on any atom is -0.315 e. The van der Waals surface area contributed by atoms with E-state index in [1.165, 1.54) is 29.2 Å². The van der Waals surface area contributed by atoms with Crippen LogP contribution in [-0.2, 0) is 24.7 Å². The van der Waals surface area contributed by atoms with Gasteiger partial charge in [0.1, 0.15) is 0 Å². The van der Waals surface area contributed by atoms with Crippen LogP contribution in [0.5, 0.6) is 0 Å². The third-order valence-corrected chi connectivity index (χ3v) is 8.33. The first kappa shape index (κ1) is 23.6. The number of nitrogens with zero attached hydrogens (tertiary/aromatic N) is 1. The van der Waals surface area contributed by atoms with Crippen molar-refractivity contribution in [2.75, 3.05) is 18.5 Å². The van der Waals surface area contributed by atoms with Gasteiger partial charge in [-0.05, 0) is 48.9 Å². The molecule has 7 nitrogen and oxygen atoms in total. The van der Waals surface area contributed by atoms with E-state index < -0.39 is 19.9 Å². The molecule has 0 bridgehead atoms. The van der Waals surface area contributed by atoms with Crippen molar-refractivity contribution < 1.29 is 21.6 Å². The highest BCUT2D eigenvalue weighted by Crippen LogP contribution is 2.25. The van der Waals surface area contributed by atoms with E-state index in [-0.39, 0.29) is 33.6 Å². The van der Waals surface area contributed by atoms with Gasteiger partial charge in [-0.25, -0.2) is 21.6 Å². The first-order valence-corrected chi connectivity index (χ1v) is 12.8. The molecular weight excluding hydrogens is 448 g/mol. The topological polar surface area (TPSA) is 101 Å². The molecule has 1 amide bonds. The van der Waals surface area contributed by atoms with Crippen molar-refractivity contribution in [2.45, 2.75) is 28.0 Å². The first-order valence-electron chi connectivity index (χ1n) is 9.85. The first-order chi connectivity index (χ1) is 15.1. The van der Waals surface area contributed by atoms with Gasteiger partial charge in [0.2, 0.25) is 25.8 Å². The molecule has 0 aliphatic heterocycles. The molecule has 32 heavy (non-hydrogen) atoms. The van der Waals surface area contributed by atoms with Crippen LogP contribution in [0, 0.1) is 6.92 Å². The maximum atomic E-state index is 12.9. The molecule has 0 atom stereocenters. The zero-order chi connectivity index (χ0) is 23.4. The summed E-state index contributed by atoms with van der Waals surface area (Å²) >= 11 is 0. The van der Waals surface area contributed by atoms with Crippen LogP contribution in [0.15, 0.2) is 93.5 Å². The van der Waals surface area contributed by atoms with Gasteiger partial charge in [0, 0.05) is 25.7 Å². The van der Waals surface area contributed by atoms with Crippen LogP contribution in [0.4, 0.5) is 5.69 Å². The van der Waals surface area contributed by atoms with Crippen molar-refractivity contribution in [2.24, 2.45) is 0 Å². The van der Waals surface area contributed by atoms with Crippen molar-refractivity contribution in [3.63, 3.8) is 0 Å². The van der Waals surface area contributed by atoms with Gasteiger partial charge < -0.3 is 4.90 Å². The molecule has 0 aromatic heterocycles. The fourth-order valence-corrected chi connectivity index (χ4v) is 5.79. The lowest BCUT2D eigenvalue weighted by atomic mass is 10.2. The molecule has 3 aromatic carbocycles. The molecule has 9 heteroatoms. The van der Waals surface area contributed by atoms with Crippen LogP contribution in [0.25, 0.3) is 0 Å². The summed E-state index contributed by atoms with van der Waals surface area (Å²) in [5.41, 5.74) is 1.10. The second-order valence-electron chi connectivity index (χ2n) is 7.18. The number of hydrogen-bond acceptors (Lipinski definition) is 5. The SMILES string of the molecule is Cc1ccc(S(=O)(=O)c2ccccc2)cc1S(=O)(=O)NCCC(=O)N(C)c1ccccc1. The van der Waals surface area contributed by atoms with E-state index in [4.69, 9.17) is 0 Å². The molecule has 1 N–H and O–H groups in total. The summed E-state index contributed by atoms with van der Waals surface area (Å²) in [6.45, 7) is 1.47. The third kappa shape index (κ3) is 5.24. The molecular formula is C23H24N2O5S2. The van der Waals surface area contributed by atoms with Gasteiger partial charge in [-0.15, -0.1) is 0 Å². The summed E-state index contributed by atoms with van der Waals surface area (Å²) in [4.78, 5) is 13.7. The molecule has 0 heterocycles. The molecule has 0 saturated carbocycles. The number of carbonyl (C=O) groups is 1. The molecule has 0 aliphatic carbocycles. The minimum atomic E-state index is -4.03. The Labute approximate surface area is 188 Å². The number of aryl methyl sites for hydroxylation is 1. The molecule has 0 saturated heterocycles. The maximum absolute atomic E-state index is 12.9. The number of hydrogen-bond donors (Lipinski definition) is 1. The molecule has 168 valence electrons. The number of nitrogens with one attached hydrogen (secondary N) is 1. The van der Waals surface area contributed by atoms with E-state index in [1.54, 1.807) is 56.4 Å². The van der Waals surface area contributed by atoms with Crippen molar-refractivity contribution in [1.29, 1.82) is 0 Å². The quantitative estimate of drug-likeness (QED) is 0.543.